The van der Waals surface area contributed by atoms with Crippen molar-refractivity contribution in [3.8, 4) is 0 Å². The van der Waals surface area contributed by atoms with E-state index in [1.807, 2.05) is 12.1 Å². The maximum absolute atomic E-state index is 13.0. The van der Waals surface area contributed by atoms with Gasteiger partial charge in [0, 0.05) is 12.3 Å². The maximum Gasteiger partial charge on any atom is 0.240 e. The number of halogens is 1. The molecule has 0 bridgehead atoms. The predicted molar refractivity (Wildman–Crippen MR) is 107 cm³/mol. The van der Waals surface area contributed by atoms with E-state index in [-0.39, 0.29) is 24.9 Å². The molecule has 0 saturated carbocycles. The van der Waals surface area contributed by atoms with Crippen molar-refractivity contribution in [3.05, 3.63) is 82.9 Å². The molecule has 1 amide bonds. The van der Waals surface area contributed by atoms with Crippen LogP contribution >= 0.6 is 11.8 Å². The number of nitrogens with zero attached hydrogens (tertiary/aromatic N) is 2. The van der Waals surface area contributed by atoms with Crippen LogP contribution in [0, 0.1) is 12.7 Å². The zero-order valence-electron chi connectivity index (χ0n) is 15.6. The number of aliphatic hydroxyl groups excluding tert-OH is 1. The van der Waals surface area contributed by atoms with E-state index in [1.54, 1.807) is 22.9 Å². The Morgan fingerprint density at radius 3 is 2.68 bits per heavy atom. The Morgan fingerprint density at radius 1 is 1.21 bits per heavy atom. The number of aryl methyl sites for hydroxylation is 1. The molecule has 2 N–H and O–H groups in total. The molecule has 3 rings (SSSR count). The van der Waals surface area contributed by atoms with Gasteiger partial charge in [0.2, 0.25) is 5.91 Å². The van der Waals surface area contributed by atoms with Gasteiger partial charge in [-0.3, -0.25) is 4.79 Å². The first-order valence-electron chi connectivity index (χ1n) is 8.90. The molecule has 28 heavy (non-hydrogen) atoms. The Hall–Kier alpha value is -2.64. The number of rotatable bonds is 8. The molecule has 2 aromatic carbocycles. The molecular weight excluding hydrogens is 377 g/mol. The molecule has 5 nitrogen and oxygen atoms in total. The van der Waals surface area contributed by atoms with Crippen LogP contribution in [0.5, 0.6) is 0 Å². The summed E-state index contributed by atoms with van der Waals surface area (Å²) in [6.45, 7) is 2.24. The van der Waals surface area contributed by atoms with Crippen molar-refractivity contribution < 1.29 is 14.3 Å². The summed E-state index contributed by atoms with van der Waals surface area (Å²) in [5.74, 6) is 0.220. The van der Waals surface area contributed by atoms with Crippen LogP contribution in [0.2, 0.25) is 0 Å². The number of carbonyl (C=O) groups is 1. The zero-order valence-corrected chi connectivity index (χ0v) is 16.4. The molecule has 0 spiro atoms. The second-order valence-corrected chi connectivity index (χ2v) is 7.34. The standard InChI is InChI=1S/C21H22FN3O2S/c1-15-4-2-3-5-17(15)14-28-21-24-11-19(13-26)25(21)12-20(27)23-10-16-6-8-18(22)9-7-16/h2-9,11,26H,10,12-14H2,1H3,(H,23,27). The molecule has 0 aliphatic heterocycles. The van der Waals surface area contributed by atoms with E-state index in [2.05, 4.69) is 29.4 Å². The summed E-state index contributed by atoms with van der Waals surface area (Å²) in [7, 11) is 0. The first kappa shape index (κ1) is 20.1. The van der Waals surface area contributed by atoms with Crippen molar-refractivity contribution in [3.63, 3.8) is 0 Å². The minimum Gasteiger partial charge on any atom is -0.390 e. The van der Waals surface area contributed by atoms with Crippen LogP contribution in [0.25, 0.3) is 0 Å². The van der Waals surface area contributed by atoms with Gasteiger partial charge >= 0.3 is 0 Å². The Balaban J connectivity index is 1.63. The molecule has 0 aliphatic carbocycles. The predicted octanol–water partition coefficient (Wildman–Crippen LogP) is 3.43. The largest absolute Gasteiger partial charge is 0.390 e. The molecule has 0 unspecified atom stereocenters. The summed E-state index contributed by atoms with van der Waals surface area (Å²) in [5, 5.41) is 13.1. The van der Waals surface area contributed by atoms with Gasteiger partial charge in [0.15, 0.2) is 5.16 Å². The third kappa shape index (κ3) is 5.21. The third-order valence-corrected chi connectivity index (χ3v) is 5.43. The van der Waals surface area contributed by atoms with E-state index in [1.165, 1.54) is 35.0 Å². The number of aliphatic hydroxyl groups is 1. The monoisotopic (exact) mass is 399 g/mol. The van der Waals surface area contributed by atoms with Crippen LogP contribution in [-0.4, -0.2) is 20.6 Å². The Kier molecular flexibility index (Phi) is 6.84. The molecule has 146 valence electrons. The van der Waals surface area contributed by atoms with Crippen molar-refractivity contribution in [1.82, 2.24) is 14.9 Å². The SMILES string of the molecule is Cc1ccccc1CSc1ncc(CO)n1CC(=O)NCc1ccc(F)cc1. The summed E-state index contributed by atoms with van der Waals surface area (Å²) in [6, 6.07) is 14.1. The molecular formula is C21H22FN3O2S. The second kappa shape index (κ2) is 9.52. The lowest BCUT2D eigenvalue weighted by Gasteiger charge is -2.12. The highest BCUT2D eigenvalue weighted by molar-refractivity contribution is 7.98. The summed E-state index contributed by atoms with van der Waals surface area (Å²) in [6.07, 6.45) is 1.59. The molecule has 0 radical (unpaired) electrons. The summed E-state index contributed by atoms with van der Waals surface area (Å²) >= 11 is 1.53. The second-order valence-electron chi connectivity index (χ2n) is 6.39. The van der Waals surface area contributed by atoms with Gasteiger partial charge in [0.1, 0.15) is 12.4 Å². The average molecular weight is 399 g/mol. The minimum atomic E-state index is -0.309. The van der Waals surface area contributed by atoms with E-state index < -0.39 is 0 Å². The Bertz CT molecular complexity index is 941. The van der Waals surface area contributed by atoms with Gasteiger partial charge in [0.05, 0.1) is 18.5 Å². The minimum absolute atomic E-state index is 0.0627. The normalized spacial score (nSPS) is 10.8. The Labute approximate surface area is 167 Å². The number of aromatic nitrogens is 2. The number of benzene rings is 2. The highest BCUT2D eigenvalue weighted by Gasteiger charge is 2.14. The van der Waals surface area contributed by atoms with Gasteiger partial charge in [0.25, 0.3) is 0 Å². The smallest absolute Gasteiger partial charge is 0.240 e. The molecule has 7 heteroatoms. The van der Waals surface area contributed by atoms with Crippen LogP contribution < -0.4 is 5.32 Å². The summed E-state index contributed by atoms with van der Waals surface area (Å²) in [5.41, 5.74) is 3.81. The highest BCUT2D eigenvalue weighted by atomic mass is 32.2. The van der Waals surface area contributed by atoms with Crippen molar-refractivity contribution in [2.75, 3.05) is 0 Å². The zero-order chi connectivity index (χ0) is 19.9. The van der Waals surface area contributed by atoms with Crippen LogP contribution in [0.1, 0.15) is 22.4 Å². The summed E-state index contributed by atoms with van der Waals surface area (Å²) in [4.78, 5) is 16.7. The van der Waals surface area contributed by atoms with Crippen LogP contribution in [0.4, 0.5) is 4.39 Å². The quantitative estimate of drug-likeness (QED) is 0.570. The molecule has 0 fully saturated rings. The van der Waals surface area contributed by atoms with Gasteiger partial charge in [-0.2, -0.15) is 0 Å². The van der Waals surface area contributed by atoms with E-state index in [0.717, 1.165) is 11.3 Å². The van der Waals surface area contributed by atoms with Crippen molar-refractivity contribution in [1.29, 1.82) is 0 Å². The molecule has 0 saturated heterocycles. The molecule has 1 heterocycles. The lowest BCUT2D eigenvalue weighted by molar-refractivity contribution is -0.122. The van der Waals surface area contributed by atoms with E-state index in [4.69, 9.17) is 0 Å². The van der Waals surface area contributed by atoms with Crippen LogP contribution in [0.15, 0.2) is 59.9 Å². The number of imidazole rings is 1. The fourth-order valence-corrected chi connectivity index (χ4v) is 3.79. The average Bonchev–Trinajstić information content (AvgIpc) is 3.08. The highest BCUT2D eigenvalue weighted by Crippen LogP contribution is 2.24. The lowest BCUT2D eigenvalue weighted by atomic mass is 10.1. The number of thioether (sulfide) groups is 1. The number of nitrogens with one attached hydrogen (secondary N) is 1. The van der Waals surface area contributed by atoms with Gasteiger partial charge in [-0.15, -0.1) is 0 Å². The molecule has 1 aromatic heterocycles. The molecule has 3 aromatic rings. The van der Waals surface area contributed by atoms with Crippen LogP contribution in [-0.2, 0) is 30.2 Å². The Morgan fingerprint density at radius 2 is 1.96 bits per heavy atom. The van der Waals surface area contributed by atoms with Crippen LogP contribution in [0.3, 0.4) is 0 Å². The fraction of sp³-hybridized carbons (Fsp3) is 0.238. The van der Waals surface area contributed by atoms with Gasteiger partial charge in [-0.25, -0.2) is 9.37 Å². The van der Waals surface area contributed by atoms with Crippen molar-refractivity contribution in [2.24, 2.45) is 0 Å². The lowest BCUT2D eigenvalue weighted by Crippen LogP contribution is -2.28. The molecule has 0 aliphatic rings. The number of amides is 1. The number of hydrogen-bond donors (Lipinski definition) is 2. The van der Waals surface area contributed by atoms with Crippen molar-refractivity contribution in [2.45, 2.75) is 37.5 Å². The van der Waals surface area contributed by atoms with E-state index >= 15 is 0 Å². The van der Waals surface area contributed by atoms with Crippen molar-refractivity contribution >= 4 is 17.7 Å². The van der Waals surface area contributed by atoms with Gasteiger partial charge in [-0.05, 0) is 35.7 Å². The topological polar surface area (TPSA) is 67.2 Å². The first-order chi connectivity index (χ1) is 13.6. The number of carbonyl (C=O) groups excluding carboxylic acids is 1. The molecule has 0 atom stereocenters. The number of hydrogen-bond acceptors (Lipinski definition) is 4. The fourth-order valence-electron chi connectivity index (χ4n) is 2.72. The van der Waals surface area contributed by atoms with E-state index in [9.17, 15) is 14.3 Å². The van der Waals surface area contributed by atoms with Gasteiger partial charge in [-0.1, -0.05) is 48.2 Å². The maximum atomic E-state index is 13.0. The van der Waals surface area contributed by atoms with E-state index in [0.29, 0.717) is 17.4 Å². The summed E-state index contributed by atoms with van der Waals surface area (Å²) < 4.78 is 14.7. The third-order valence-electron chi connectivity index (χ3n) is 4.39. The first-order valence-corrected chi connectivity index (χ1v) is 9.89. The van der Waals surface area contributed by atoms with Gasteiger partial charge < -0.3 is 15.0 Å².